The molecule has 0 unspecified atom stereocenters. The second-order valence-corrected chi connectivity index (χ2v) is 3.51. The van der Waals surface area contributed by atoms with Gasteiger partial charge in [-0.25, -0.2) is 4.79 Å². The first kappa shape index (κ1) is 12.5. The van der Waals surface area contributed by atoms with E-state index in [2.05, 4.69) is 25.9 Å². The molecule has 4 N–H and O–H groups in total. The SMILES string of the molecule is NC(=O)NCN(C(=O)c1ccccc1)c1nn[nH]n1. The Hall–Kier alpha value is -2.97. The fourth-order valence-corrected chi connectivity index (χ4v) is 1.40. The average molecular weight is 261 g/mol. The lowest BCUT2D eigenvalue weighted by molar-refractivity contribution is 0.0984. The standard InChI is InChI=1S/C10H11N7O2/c11-9(19)12-6-17(10-13-15-16-14-10)8(18)7-4-2-1-3-5-7/h1-5H,6H2,(H3,11,12,19)(H,13,14,15,16). The van der Waals surface area contributed by atoms with Crippen LogP contribution in [0, 0.1) is 0 Å². The number of amides is 3. The smallest absolute Gasteiger partial charge is 0.313 e. The molecular weight excluding hydrogens is 250 g/mol. The summed E-state index contributed by atoms with van der Waals surface area (Å²) in [5.41, 5.74) is 5.41. The van der Waals surface area contributed by atoms with Crippen molar-refractivity contribution < 1.29 is 9.59 Å². The predicted molar refractivity (Wildman–Crippen MR) is 65.0 cm³/mol. The van der Waals surface area contributed by atoms with Gasteiger partial charge in [-0.1, -0.05) is 23.3 Å². The molecule has 0 fully saturated rings. The highest BCUT2D eigenvalue weighted by Gasteiger charge is 2.21. The van der Waals surface area contributed by atoms with Crippen LogP contribution in [0.5, 0.6) is 0 Å². The van der Waals surface area contributed by atoms with Crippen molar-refractivity contribution >= 4 is 17.9 Å². The molecule has 0 atom stereocenters. The van der Waals surface area contributed by atoms with Gasteiger partial charge in [0, 0.05) is 5.56 Å². The van der Waals surface area contributed by atoms with Crippen molar-refractivity contribution in [2.24, 2.45) is 5.73 Å². The highest BCUT2D eigenvalue weighted by molar-refractivity contribution is 6.05. The Labute approximate surface area is 107 Å². The van der Waals surface area contributed by atoms with Crippen LogP contribution in [0.4, 0.5) is 10.7 Å². The van der Waals surface area contributed by atoms with Crippen LogP contribution in [-0.2, 0) is 0 Å². The van der Waals surface area contributed by atoms with Crippen molar-refractivity contribution in [3.8, 4) is 0 Å². The Morgan fingerprint density at radius 1 is 1.32 bits per heavy atom. The van der Waals surface area contributed by atoms with Crippen LogP contribution in [-0.4, -0.2) is 39.2 Å². The first-order valence-electron chi connectivity index (χ1n) is 5.32. The van der Waals surface area contributed by atoms with Crippen molar-refractivity contribution in [3.63, 3.8) is 0 Å². The number of urea groups is 1. The summed E-state index contributed by atoms with van der Waals surface area (Å²) in [7, 11) is 0. The number of H-pyrrole nitrogens is 1. The molecule has 9 heteroatoms. The fraction of sp³-hybridized carbons (Fsp3) is 0.100. The number of aromatic amines is 1. The maximum atomic E-state index is 12.3. The highest BCUT2D eigenvalue weighted by atomic mass is 16.2. The van der Waals surface area contributed by atoms with Gasteiger partial charge in [0.15, 0.2) is 0 Å². The number of hydrogen-bond donors (Lipinski definition) is 3. The average Bonchev–Trinajstić information content (AvgIpc) is 2.93. The summed E-state index contributed by atoms with van der Waals surface area (Å²) in [5.74, 6) is -0.335. The largest absolute Gasteiger partial charge is 0.352 e. The summed E-state index contributed by atoms with van der Waals surface area (Å²) in [6.45, 7) is -0.150. The number of hydrogen-bond acceptors (Lipinski definition) is 5. The first-order valence-corrected chi connectivity index (χ1v) is 5.32. The number of primary amides is 1. The van der Waals surface area contributed by atoms with E-state index in [1.165, 1.54) is 0 Å². The Morgan fingerprint density at radius 2 is 2.05 bits per heavy atom. The molecule has 0 aliphatic rings. The lowest BCUT2D eigenvalue weighted by atomic mass is 10.2. The molecule has 0 bridgehead atoms. The Morgan fingerprint density at radius 3 is 2.63 bits per heavy atom. The van der Waals surface area contributed by atoms with Crippen LogP contribution >= 0.6 is 0 Å². The zero-order valence-electron chi connectivity index (χ0n) is 9.78. The summed E-state index contributed by atoms with van der Waals surface area (Å²) in [5, 5.41) is 15.3. The van der Waals surface area contributed by atoms with Gasteiger partial charge in [0.2, 0.25) is 0 Å². The van der Waals surface area contributed by atoms with Crippen LogP contribution in [0.1, 0.15) is 10.4 Å². The molecule has 1 heterocycles. The van der Waals surface area contributed by atoms with Crippen LogP contribution in [0.25, 0.3) is 0 Å². The number of nitrogens with zero attached hydrogens (tertiary/aromatic N) is 4. The van der Waals surface area contributed by atoms with Crippen LogP contribution in [0.15, 0.2) is 30.3 Å². The molecule has 0 spiro atoms. The van der Waals surface area contributed by atoms with Gasteiger partial charge >= 0.3 is 6.03 Å². The normalized spacial score (nSPS) is 9.89. The van der Waals surface area contributed by atoms with E-state index in [1.807, 2.05) is 0 Å². The van der Waals surface area contributed by atoms with E-state index < -0.39 is 6.03 Å². The van der Waals surface area contributed by atoms with Crippen LogP contribution in [0.2, 0.25) is 0 Å². The molecule has 98 valence electrons. The number of rotatable bonds is 4. The Bertz CT molecular complexity index is 555. The van der Waals surface area contributed by atoms with Gasteiger partial charge in [-0.05, 0) is 17.3 Å². The Balaban J connectivity index is 2.22. The molecule has 2 rings (SSSR count). The fourth-order valence-electron chi connectivity index (χ4n) is 1.40. The molecule has 0 aliphatic carbocycles. The quantitative estimate of drug-likeness (QED) is 0.637. The topological polar surface area (TPSA) is 130 Å². The van der Waals surface area contributed by atoms with Crippen molar-refractivity contribution in [1.29, 1.82) is 0 Å². The van der Waals surface area contributed by atoms with E-state index >= 15 is 0 Å². The summed E-state index contributed by atoms with van der Waals surface area (Å²) in [4.78, 5) is 24.2. The molecule has 1 aromatic carbocycles. The van der Waals surface area contributed by atoms with Crippen molar-refractivity contribution in [2.75, 3.05) is 11.6 Å². The maximum absolute atomic E-state index is 12.3. The Kier molecular flexibility index (Phi) is 3.67. The highest BCUT2D eigenvalue weighted by Crippen LogP contribution is 2.09. The third-order valence-corrected chi connectivity index (χ3v) is 2.25. The zero-order chi connectivity index (χ0) is 13.7. The number of nitrogens with one attached hydrogen (secondary N) is 2. The van der Waals surface area contributed by atoms with E-state index in [4.69, 9.17) is 5.73 Å². The number of anilines is 1. The summed E-state index contributed by atoms with van der Waals surface area (Å²) in [6.07, 6.45) is 0. The molecule has 0 radical (unpaired) electrons. The molecular formula is C10H11N7O2. The van der Waals surface area contributed by atoms with Gasteiger partial charge in [0.25, 0.3) is 11.9 Å². The lowest BCUT2D eigenvalue weighted by Crippen LogP contribution is -2.44. The van der Waals surface area contributed by atoms with Crippen LogP contribution < -0.4 is 16.0 Å². The molecule has 0 saturated carbocycles. The number of tetrazole rings is 1. The van der Waals surface area contributed by atoms with Crippen LogP contribution in [0.3, 0.4) is 0 Å². The second kappa shape index (κ2) is 5.58. The van der Waals surface area contributed by atoms with E-state index in [0.717, 1.165) is 4.90 Å². The number of carbonyl (C=O) groups excluding carboxylic acids is 2. The summed E-state index contributed by atoms with van der Waals surface area (Å²) in [6, 6.07) is 7.76. The van der Waals surface area contributed by atoms with Crippen molar-refractivity contribution in [1.82, 2.24) is 25.9 Å². The molecule has 0 aliphatic heterocycles. The van der Waals surface area contributed by atoms with Crippen molar-refractivity contribution in [3.05, 3.63) is 35.9 Å². The summed E-state index contributed by atoms with van der Waals surface area (Å²) >= 11 is 0. The van der Waals surface area contributed by atoms with E-state index in [0.29, 0.717) is 5.56 Å². The van der Waals surface area contributed by atoms with Crippen molar-refractivity contribution in [2.45, 2.75) is 0 Å². The molecule has 0 saturated heterocycles. The van der Waals surface area contributed by atoms with Gasteiger partial charge in [0.1, 0.15) is 6.67 Å². The minimum Gasteiger partial charge on any atom is -0.352 e. The number of aromatic nitrogens is 4. The maximum Gasteiger partial charge on any atom is 0.313 e. The molecule has 9 nitrogen and oxygen atoms in total. The third kappa shape index (κ3) is 3.03. The van der Waals surface area contributed by atoms with Gasteiger partial charge in [-0.3, -0.25) is 9.69 Å². The second-order valence-electron chi connectivity index (χ2n) is 3.51. The van der Waals surface area contributed by atoms with Gasteiger partial charge in [-0.2, -0.15) is 5.21 Å². The van der Waals surface area contributed by atoms with E-state index in [9.17, 15) is 9.59 Å². The van der Waals surface area contributed by atoms with Gasteiger partial charge in [-0.15, -0.1) is 5.10 Å². The van der Waals surface area contributed by atoms with Gasteiger partial charge < -0.3 is 11.1 Å². The zero-order valence-corrected chi connectivity index (χ0v) is 9.78. The van der Waals surface area contributed by atoms with E-state index in [1.54, 1.807) is 30.3 Å². The van der Waals surface area contributed by atoms with E-state index in [-0.39, 0.29) is 18.5 Å². The predicted octanol–water partition coefficient (Wildman–Crippen LogP) is -0.528. The number of nitrogens with two attached hydrogens (primary N) is 1. The molecule has 19 heavy (non-hydrogen) atoms. The van der Waals surface area contributed by atoms with Gasteiger partial charge in [0.05, 0.1) is 0 Å². The third-order valence-electron chi connectivity index (χ3n) is 2.25. The molecule has 2 aromatic rings. The molecule has 1 aromatic heterocycles. The first-order chi connectivity index (χ1) is 9.18. The number of benzene rings is 1. The lowest BCUT2D eigenvalue weighted by Gasteiger charge is -2.18. The summed E-state index contributed by atoms with van der Waals surface area (Å²) < 4.78 is 0. The monoisotopic (exact) mass is 261 g/mol. The minimum absolute atomic E-state index is 0.0441. The minimum atomic E-state index is -0.755. The number of carbonyl (C=O) groups is 2. The molecule has 3 amide bonds.